The third-order valence-corrected chi connectivity index (χ3v) is 2.75. The average molecular weight is 247 g/mol. The SMILES string of the molecule is C=CCN(CCC)c1cc(CNCC)cc(C)n1. The van der Waals surface area contributed by atoms with Crippen molar-refractivity contribution in [3.05, 3.63) is 36.0 Å². The summed E-state index contributed by atoms with van der Waals surface area (Å²) in [5.41, 5.74) is 2.37. The van der Waals surface area contributed by atoms with Crippen molar-refractivity contribution in [3.8, 4) is 0 Å². The fourth-order valence-electron chi connectivity index (χ4n) is 1.98. The lowest BCUT2D eigenvalue weighted by Crippen LogP contribution is -2.25. The molecule has 3 heteroatoms. The number of pyridine rings is 1. The Kier molecular flexibility index (Phi) is 6.44. The maximum Gasteiger partial charge on any atom is 0.129 e. The Balaban J connectivity index is 2.90. The van der Waals surface area contributed by atoms with E-state index in [2.05, 4.69) is 54.7 Å². The highest BCUT2D eigenvalue weighted by molar-refractivity contribution is 5.43. The van der Waals surface area contributed by atoms with Gasteiger partial charge in [-0.1, -0.05) is 19.9 Å². The Morgan fingerprint density at radius 3 is 2.78 bits per heavy atom. The van der Waals surface area contributed by atoms with E-state index >= 15 is 0 Å². The molecular formula is C15H25N3. The number of nitrogens with zero attached hydrogens (tertiary/aromatic N) is 2. The molecule has 0 atom stereocenters. The van der Waals surface area contributed by atoms with Gasteiger partial charge in [0, 0.05) is 25.3 Å². The van der Waals surface area contributed by atoms with Gasteiger partial charge >= 0.3 is 0 Å². The fraction of sp³-hybridized carbons (Fsp3) is 0.533. The molecule has 1 aromatic rings. The van der Waals surface area contributed by atoms with Gasteiger partial charge in [0.05, 0.1) is 0 Å². The molecule has 0 amide bonds. The van der Waals surface area contributed by atoms with Gasteiger partial charge in [-0.15, -0.1) is 6.58 Å². The van der Waals surface area contributed by atoms with E-state index in [0.29, 0.717) is 0 Å². The molecule has 0 saturated heterocycles. The van der Waals surface area contributed by atoms with E-state index in [-0.39, 0.29) is 0 Å². The highest BCUT2D eigenvalue weighted by atomic mass is 15.2. The zero-order valence-electron chi connectivity index (χ0n) is 11.9. The number of anilines is 1. The van der Waals surface area contributed by atoms with Crippen LogP contribution in [0.5, 0.6) is 0 Å². The quantitative estimate of drug-likeness (QED) is 0.716. The molecule has 0 aliphatic carbocycles. The van der Waals surface area contributed by atoms with Crippen LogP contribution in [0.25, 0.3) is 0 Å². The number of rotatable bonds is 8. The molecule has 1 aromatic heterocycles. The zero-order valence-corrected chi connectivity index (χ0v) is 11.9. The Bertz CT molecular complexity index is 374. The van der Waals surface area contributed by atoms with Crippen LogP contribution in [-0.4, -0.2) is 24.6 Å². The van der Waals surface area contributed by atoms with Crippen LogP contribution in [0.4, 0.5) is 5.82 Å². The summed E-state index contributed by atoms with van der Waals surface area (Å²) in [6.45, 7) is 13.9. The van der Waals surface area contributed by atoms with E-state index in [1.165, 1.54) is 5.56 Å². The summed E-state index contributed by atoms with van der Waals surface area (Å²) < 4.78 is 0. The Labute approximate surface area is 111 Å². The van der Waals surface area contributed by atoms with Gasteiger partial charge in [0.25, 0.3) is 0 Å². The monoisotopic (exact) mass is 247 g/mol. The summed E-state index contributed by atoms with van der Waals surface area (Å²) in [7, 11) is 0. The molecule has 0 unspecified atom stereocenters. The molecule has 1 rings (SSSR count). The first-order valence-corrected chi connectivity index (χ1v) is 6.75. The van der Waals surface area contributed by atoms with E-state index in [4.69, 9.17) is 0 Å². The number of nitrogens with one attached hydrogen (secondary N) is 1. The topological polar surface area (TPSA) is 28.2 Å². The molecule has 0 saturated carbocycles. The minimum absolute atomic E-state index is 0.852. The van der Waals surface area contributed by atoms with Gasteiger partial charge in [-0.2, -0.15) is 0 Å². The first kappa shape index (κ1) is 14.7. The lowest BCUT2D eigenvalue weighted by molar-refractivity contribution is 0.722. The smallest absolute Gasteiger partial charge is 0.129 e. The summed E-state index contributed by atoms with van der Waals surface area (Å²) in [5.74, 6) is 1.06. The number of hydrogen-bond donors (Lipinski definition) is 1. The molecule has 0 fully saturated rings. The Morgan fingerprint density at radius 1 is 1.39 bits per heavy atom. The predicted molar refractivity (Wildman–Crippen MR) is 79.1 cm³/mol. The van der Waals surface area contributed by atoms with Gasteiger partial charge < -0.3 is 10.2 Å². The summed E-state index contributed by atoms with van der Waals surface area (Å²) >= 11 is 0. The molecule has 0 aliphatic heterocycles. The highest BCUT2D eigenvalue weighted by Crippen LogP contribution is 2.15. The van der Waals surface area contributed by atoms with Crippen molar-refractivity contribution in [1.82, 2.24) is 10.3 Å². The molecule has 0 aromatic carbocycles. The van der Waals surface area contributed by atoms with E-state index in [1.54, 1.807) is 0 Å². The van der Waals surface area contributed by atoms with Crippen molar-refractivity contribution in [2.24, 2.45) is 0 Å². The van der Waals surface area contributed by atoms with Crippen LogP contribution in [0.15, 0.2) is 24.8 Å². The van der Waals surface area contributed by atoms with Crippen molar-refractivity contribution in [1.29, 1.82) is 0 Å². The lowest BCUT2D eigenvalue weighted by Gasteiger charge is -2.22. The zero-order chi connectivity index (χ0) is 13.4. The maximum absolute atomic E-state index is 4.63. The molecule has 100 valence electrons. The Morgan fingerprint density at radius 2 is 2.17 bits per heavy atom. The fourth-order valence-corrected chi connectivity index (χ4v) is 1.98. The van der Waals surface area contributed by atoms with E-state index in [0.717, 1.165) is 44.1 Å². The molecule has 0 bridgehead atoms. The molecule has 18 heavy (non-hydrogen) atoms. The van der Waals surface area contributed by atoms with Crippen LogP contribution in [0.2, 0.25) is 0 Å². The minimum atomic E-state index is 0.852. The third kappa shape index (κ3) is 4.49. The second-order valence-corrected chi connectivity index (χ2v) is 4.49. The number of aryl methyl sites for hydroxylation is 1. The second-order valence-electron chi connectivity index (χ2n) is 4.49. The van der Waals surface area contributed by atoms with Crippen LogP contribution in [0.3, 0.4) is 0 Å². The van der Waals surface area contributed by atoms with Crippen LogP contribution in [0.1, 0.15) is 31.5 Å². The third-order valence-electron chi connectivity index (χ3n) is 2.75. The molecule has 0 radical (unpaired) electrons. The second kappa shape index (κ2) is 7.88. The van der Waals surface area contributed by atoms with Crippen LogP contribution < -0.4 is 10.2 Å². The normalized spacial score (nSPS) is 10.4. The standard InChI is InChI=1S/C15H25N3/c1-5-8-18(9-6-2)15-11-14(12-16-7-3)10-13(4)17-15/h5,10-11,16H,1,6-9,12H2,2-4H3. The number of aromatic nitrogens is 1. The van der Waals surface area contributed by atoms with Crippen molar-refractivity contribution < 1.29 is 0 Å². The maximum atomic E-state index is 4.63. The molecule has 1 heterocycles. The molecule has 3 nitrogen and oxygen atoms in total. The van der Waals surface area contributed by atoms with Crippen molar-refractivity contribution in [3.63, 3.8) is 0 Å². The largest absolute Gasteiger partial charge is 0.353 e. The van der Waals surface area contributed by atoms with Gasteiger partial charge in [0.1, 0.15) is 5.82 Å². The van der Waals surface area contributed by atoms with Crippen molar-refractivity contribution >= 4 is 5.82 Å². The predicted octanol–water partition coefficient (Wildman–Crippen LogP) is 2.90. The summed E-state index contributed by atoms with van der Waals surface area (Å²) in [6.07, 6.45) is 3.05. The van der Waals surface area contributed by atoms with Gasteiger partial charge in [-0.3, -0.25) is 0 Å². The summed E-state index contributed by atoms with van der Waals surface area (Å²) in [5, 5.41) is 3.36. The Hall–Kier alpha value is -1.35. The highest BCUT2D eigenvalue weighted by Gasteiger charge is 2.07. The molecule has 1 N–H and O–H groups in total. The minimum Gasteiger partial charge on any atom is -0.353 e. The first-order chi connectivity index (χ1) is 8.71. The molecule has 0 aliphatic rings. The van der Waals surface area contributed by atoms with Gasteiger partial charge in [0.2, 0.25) is 0 Å². The average Bonchev–Trinajstić information content (AvgIpc) is 2.35. The first-order valence-electron chi connectivity index (χ1n) is 6.75. The van der Waals surface area contributed by atoms with Crippen molar-refractivity contribution in [2.75, 3.05) is 24.5 Å². The number of hydrogen-bond acceptors (Lipinski definition) is 3. The molecule has 0 spiro atoms. The van der Waals surface area contributed by atoms with Crippen LogP contribution in [0, 0.1) is 6.92 Å². The van der Waals surface area contributed by atoms with Crippen LogP contribution in [-0.2, 0) is 6.54 Å². The van der Waals surface area contributed by atoms with E-state index in [9.17, 15) is 0 Å². The van der Waals surface area contributed by atoms with Crippen LogP contribution >= 0.6 is 0 Å². The van der Waals surface area contributed by atoms with Gasteiger partial charge in [-0.05, 0) is 37.6 Å². The summed E-state index contributed by atoms with van der Waals surface area (Å²) in [6, 6.07) is 4.32. The molecular weight excluding hydrogens is 222 g/mol. The van der Waals surface area contributed by atoms with E-state index in [1.807, 2.05) is 6.08 Å². The van der Waals surface area contributed by atoms with Crippen molar-refractivity contribution in [2.45, 2.75) is 33.7 Å². The van der Waals surface area contributed by atoms with Gasteiger partial charge in [0.15, 0.2) is 0 Å². The lowest BCUT2D eigenvalue weighted by atomic mass is 10.2. The van der Waals surface area contributed by atoms with E-state index < -0.39 is 0 Å². The van der Waals surface area contributed by atoms with Gasteiger partial charge in [-0.25, -0.2) is 4.98 Å². The summed E-state index contributed by atoms with van der Waals surface area (Å²) in [4.78, 5) is 6.90.